The van der Waals surface area contributed by atoms with Crippen LogP contribution in [0.5, 0.6) is 0 Å². The van der Waals surface area contributed by atoms with Crippen molar-refractivity contribution in [1.29, 1.82) is 0 Å². The highest BCUT2D eigenvalue weighted by molar-refractivity contribution is 5.95. The number of likely N-dealkylation sites (tertiary alicyclic amines) is 1. The highest BCUT2D eigenvalue weighted by Gasteiger charge is 2.28. The van der Waals surface area contributed by atoms with Crippen LogP contribution in [-0.2, 0) is 14.4 Å². The van der Waals surface area contributed by atoms with E-state index in [-0.39, 0.29) is 23.6 Å². The molecule has 2 aliphatic heterocycles. The van der Waals surface area contributed by atoms with Crippen LogP contribution in [0.15, 0.2) is 30.3 Å². The van der Waals surface area contributed by atoms with Gasteiger partial charge in [-0.05, 0) is 49.5 Å². The van der Waals surface area contributed by atoms with Crippen molar-refractivity contribution in [3.8, 4) is 0 Å². The third-order valence-electron chi connectivity index (χ3n) is 6.08. The van der Waals surface area contributed by atoms with E-state index in [2.05, 4.69) is 6.92 Å². The van der Waals surface area contributed by atoms with Gasteiger partial charge in [0.2, 0.25) is 17.7 Å². The van der Waals surface area contributed by atoms with Gasteiger partial charge in [0.1, 0.15) is 0 Å². The molecule has 0 unspecified atom stereocenters. The number of benzene rings is 1. The molecule has 0 spiro atoms. The van der Waals surface area contributed by atoms with Crippen LogP contribution in [0.1, 0.15) is 51.0 Å². The Morgan fingerprint density at radius 3 is 2.43 bits per heavy atom. The monoisotopic (exact) mass is 411 g/mol. The van der Waals surface area contributed by atoms with Crippen molar-refractivity contribution in [3.05, 3.63) is 35.9 Å². The Kier molecular flexibility index (Phi) is 7.66. The first-order chi connectivity index (χ1) is 14.5. The van der Waals surface area contributed by atoms with Gasteiger partial charge < -0.3 is 14.7 Å². The number of anilines is 1. The van der Waals surface area contributed by atoms with Crippen LogP contribution in [0.3, 0.4) is 0 Å². The van der Waals surface area contributed by atoms with E-state index in [9.17, 15) is 14.4 Å². The molecule has 6 nitrogen and oxygen atoms in total. The summed E-state index contributed by atoms with van der Waals surface area (Å²) in [6.45, 7) is 4.95. The van der Waals surface area contributed by atoms with Crippen LogP contribution < -0.4 is 4.90 Å². The molecule has 6 heteroatoms. The molecule has 0 bridgehead atoms. The van der Waals surface area contributed by atoms with Gasteiger partial charge in [0.25, 0.3) is 0 Å². The lowest BCUT2D eigenvalue weighted by molar-refractivity contribution is -0.138. The quantitative estimate of drug-likeness (QED) is 0.647. The number of piperidine rings is 1. The van der Waals surface area contributed by atoms with Gasteiger partial charge in [-0.3, -0.25) is 14.4 Å². The summed E-state index contributed by atoms with van der Waals surface area (Å²) in [6.07, 6.45) is 8.51. The fraction of sp³-hybridized carbons (Fsp3) is 0.542. The molecule has 0 atom stereocenters. The second kappa shape index (κ2) is 10.4. The second-order valence-corrected chi connectivity index (χ2v) is 8.29. The van der Waals surface area contributed by atoms with E-state index in [1.54, 1.807) is 6.08 Å². The predicted octanol–water partition coefficient (Wildman–Crippen LogP) is 3.32. The van der Waals surface area contributed by atoms with Gasteiger partial charge in [-0.1, -0.05) is 25.5 Å². The second-order valence-electron chi connectivity index (χ2n) is 8.29. The zero-order chi connectivity index (χ0) is 21.5. The molecule has 0 saturated carbocycles. The van der Waals surface area contributed by atoms with Crippen molar-refractivity contribution in [2.45, 2.75) is 45.4 Å². The Morgan fingerprint density at radius 1 is 1.13 bits per heavy atom. The first-order valence-corrected chi connectivity index (χ1v) is 11.1. The maximum Gasteiger partial charge on any atom is 0.246 e. The smallest absolute Gasteiger partial charge is 0.246 e. The Bertz CT molecular complexity index is 779. The Balaban J connectivity index is 1.48. The molecular weight excluding hydrogens is 378 g/mol. The zero-order valence-electron chi connectivity index (χ0n) is 18.2. The Hall–Kier alpha value is -2.63. The number of nitrogens with zero attached hydrogens (tertiary/aromatic N) is 3. The van der Waals surface area contributed by atoms with Crippen molar-refractivity contribution < 1.29 is 14.4 Å². The largest absolute Gasteiger partial charge is 0.346 e. The van der Waals surface area contributed by atoms with Gasteiger partial charge in [-0.15, -0.1) is 0 Å². The molecule has 1 aromatic carbocycles. The van der Waals surface area contributed by atoms with E-state index >= 15 is 0 Å². The molecule has 0 aromatic heterocycles. The van der Waals surface area contributed by atoms with Gasteiger partial charge in [-0.2, -0.15) is 0 Å². The molecule has 0 radical (unpaired) electrons. The summed E-state index contributed by atoms with van der Waals surface area (Å²) in [4.78, 5) is 42.4. The first kappa shape index (κ1) is 22.1. The summed E-state index contributed by atoms with van der Waals surface area (Å²) < 4.78 is 0. The lowest BCUT2D eigenvalue weighted by atomic mass is 9.95. The van der Waals surface area contributed by atoms with E-state index in [1.807, 2.05) is 52.1 Å². The average Bonchev–Trinajstić information content (AvgIpc) is 3.21. The van der Waals surface area contributed by atoms with Gasteiger partial charge >= 0.3 is 0 Å². The number of carbonyl (C=O) groups is 3. The van der Waals surface area contributed by atoms with Crippen molar-refractivity contribution in [2.24, 2.45) is 5.92 Å². The number of unbranched alkanes of at least 4 members (excludes halogenated alkanes) is 1. The molecule has 2 fully saturated rings. The first-order valence-electron chi connectivity index (χ1n) is 11.1. The Labute approximate surface area is 179 Å². The topological polar surface area (TPSA) is 60.9 Å². The van der Waals surface area contributed by atoms with Crippen LogP contribution in [0.2, 0.25) is 0 Å². The summed E-state index contributed by atoms with van der Waals surface area (Å²) in [5.41, 5.74) is 1.85. The summed E-state index contributed by atoms with van der Waals surface area (Å²) >= 11 is 0. The number of carbonyl (C=O) groups excluding carboxylic acids is 3. The Morgan fingerprint density at radius 2 is 1.83 bits per heavy atom. The van der Waals surface area contributed by atoms with E-state index < -0.39 is 0 Å². The highest BCUT2D eigenvalue weighted by Crippen LogP contribution is 2.23. The number of hydrogen-bond acceptors (Lipinski definition) is 3. The lowest BCUT2D eigenvalue weighted by Crippen LogP contribution is -2.43. The number of rotatable bonds is 7. The van der Waals surface area contributed by atoms with E-state index in [0.29, 0.717) is 19.5 Å². The van der Waals surface area contributed by atoms with E-state index in [4.69, 9.17) is 0 Å². The zero-order valence-corrected chi connectivity index (χ0v) is 18.2. The fourth-order valence-corrected chi connectivity index (χ4v) is 4.12. The normalized spacial score (nSPS) is 17.7. The van der Waals surface area contributed by atoms with Crippen molar-refractivity contribution in [1.82, 2.24) is 9.80 Å². The van der Waals surface area contributed by atoms with Crippen molar-refractivity contribution >= 4 is 29.5 Å². The molecule has 2 saturated heterocycles. The minimum Gasteiger partial charge on any atom is -0.346 e. The van der Waals surface area contributed by atoms with Crippen LogP contribution in [0, 0.1) is 5.92 Å². The van der Waals surface area contributed by atoms with E-state index in [1.165, 1.54) is 0 Å². The summed E-state index contributed by atoms with van der Waals surface area (Å²) in [7, 11) is 1.88. The third kappa shape index (κ3) is 5.49. The van der Waals surface area contributed by atoms with Crippen LogP contribution in [0.4, 0.5) is 5.69 Å². The standard InChI is InChI=1S/C24H33N3O3/c1-3-4-15-25(2)24(30)20-13-17-26(18-14-20)22(28)12-9-19-7-10-21(11-8-19)27-16-5-6-23(27)29/h7-12,20H,3-6,13-18H2,1-2H3/b12-9+. The van der Waals surface area contributed by atoms with Gasteiger partial charge in [0, 0.05) is 57.3 Å². The number of amides is 3. The van der Waals surface area contributed by atoms with Gasteiger partial charge in [0.05, 0.1) is 0 Å². The molecule has 30 heavy (non-hydrogen) atoms. The lowest BCUT2D eigenvalue weighted by Gasteiger charge is -2.32. The van der Waals surface area contributed by atoms with Crippen molar-refractivity contribution in [3.63, 3.8) is 0 Å². The molecule has 0 aliphatic carbocycles. The maximum atomic E-state index is 12.5. The number of hydrogen-bond donors (Lipinski definition) is 0. The average molecular weight is 412 g/mol. The maximum absolute atomic E-state index is 12.5. The predicted molar refractivity (Wildman–Crippen MR) is 119 cm³/mol. The van der Waals surface area contributed by atoms with E-state index in [0.717, 1.165) is 56.4 Å². The molecule has 0 N–H and O–H groups in total. The molecule has 3 amide bonds. The molecule has 2 aliphatic rings. The molecular formula is C24H33N3O3. The summed E-state index contributed by atoms with van der Waals surface area (Å²) in [6, 6.07) is 7.72. The highest BCUT2D eigenvalue weighted by atomic mass is 16.2. The van der Waals surface area contributed by atoms with Crippen LogP contribution in [0.25, 0.3) is 6.08 Å². The fourth-order valence-electron chi connectivity index (χ4n) is 4.12. The van der Waals surface area contributed by atoms with Gasteiger partial charge in [0.15, 0.2) is 0 Å². The SMILES string of the molecule is CCCCN(C)C(=O)C1CCN(C(=O)/C=C/c2ccc(N3CCCC3=O)cc2)CC1. The summed E-state index contributed by atoms with van der Waals surface area (Å²) in [5, 5.41) is 0. The van der Waals surface area contributed by atoms with Crippen LogP contribution >= 0.6 is 0 Å². The minimum absolute atomic E-state index is 0.0148. The van der Waals surface area contributed by atoms with Crippen molar-refractivity contribution in [2.75, 3.05) is 38.1 Å². The summed E-state index contributed by atoms with van der Waals surface area (Å²) in [5.74, 6) is 0.398. The van der Waals surface area contributed by atoms with Crippen LogP contribution in [-0.4, -0.2) is 60.7 Å². The molecule has 1 aromatic rings. The van der Waals surface area contributed by atoms with Gasteiger partial charge in [-0.25, -0.2) is 0 Å². The molecule has 162 valence electrons. The minimum atomic E-state index is -0.0148. The third-order valence-corrected chi connectivity index (χ3v) is 6.08. The molecule has 2 heterocycles. The molecule has 3 rings (SSSR count).